The molecule has 0 rings (SSSR count). The van der Waals surface area contributed by atoms with Gasteiger partial charge in [0.1, 0.15) is 13.2 Å². The van der Waals surface area contributed by atoms with Gasteiger partial charge in [0.05, 0.1) is 39.9 Å². The summed E-state index contributed by atoms with van der Waals surface area (Å²) < 4.78 is 23.8. The predicted molar refractivity (Wildman–Crippen MR) is 378 cm³/mol. The van der Waals surface area contributed by atoms with Crippen molar-refractivity contribution in [1.82, 2.24) is 5.32 Å². The smallest absolute Gasteiger partial charge is 0.387 e. The minimum atomic E-state index is -4.36. The van der Waals surface area contributed by atoms with E-state index < -0.39 is 20.0 Å². The molecule has 0 saturated carbocycles. The lowest BCUT2D eigenvalue weighted by molar-refractivity contribution is -0.870. The van der Waals surface area contributed by atoms with Gasteiger partial charge in [-0.15, -0.1) is 0 Å². The van der Waals surface area contributed by atoms with Crippen molar-refractivity contribution in [3.63, 3.8) is 0 Å². The topological polar surface area (TPSA) is 105 Å². The maximum atomic E-state index is 13.1. The average molecular weight is 1220 g/mol. The van der Waals surface area contributed by atoms with Gasteiger partial charge in [-0.3, -0.25) is 13.8 Å². The first kappa shape index (κ1) is 83.4. The summed E-state index contributed by atoms with van der Waals surface area (Å²) in [5.74, 6) is -0.175. The molecule has 3 atom stereocenters. The Morgan fingerprint density at radius 2 is 0.698 bits per heavy atom. The van der Waals surface area contributed by atoms with Crippen LogP contribution in [0.1, 0.15) is 335 Å². The summed E-state index contributed by atoms with van der Waals surface area (Å²) in [5, 5.41) is 14.0. The molecule has 0 aromatic heterocycles. The number of nitrogens with one attached hydrogen (secondary N) is 1. The Labute approximate surface area is 534 Å². The second-order valence-electron chi connectivity index (χ2n) is 25.9. The second kappa shape index (κ2) is 66.8. The molecule has 0 spiro atoms. The van der Waals surface area contributed by atoms with Gasteiger partial charge in [-0.2, -0.15) is 0 Å². The van der Waals surface area contributed by atoms with Crippen molar-refractivity contribution in [2.45, 2.75) is 347 Å². The number of nitrogens with zero attached hydrogens (tertiary/aromatic N) is 1. The molecule has 0 heterocycles. The van der Waals surface area contributed by atoms with Gasteiger partial charge in [-0.05, 0) is 77.0 Å². The van der Waals surface area contributed by atoms with Crippen molar-refractivity contribution >= 4 is 13.7 Å². The van der Waals surface area contributed by atoms with Gasteiger partial charge in [-0.25, -0.2) is 4.57 Å². The van der Waals surface area contributed by atoms with E-state index in [4.69, 9.17) is 9.05 Å². The van der Waals surface area contributed by atoms with E-state index >= 15 is 0 Å². The molecule has 0 aromatic rings. The zero-order valence-corrected chi connectivity index (χ0v) is 58.2. The minimum absolute atomic E-state index is 0.0595. The molecule has 0 fully saturated rings. The lowest BCUT2D eigenvalue weighted by Crippen LogP contribution is -2.45. The maximum absolute atomic E-state index is 13.1. The first-order chi connectivity index (χ1) is 42.0. The van der Waals surface area contributed by atoms with Crippen LogP contribution in [0.25, 0.3) is 0 Å². The van der Waals surface area contributed by atoms with Gasteiger partial charge in [-0.1, -0.05) is 349 Å². The average Bonchev–Trinajstić information content (AvgIpc) is 3.70. The van der Waals surface area contributed by atoms with Crippen LogP contribution in [-0.4, -0.2) is 73.4 Å². The Hall–Kier alpha value is -2.58. The van der Waals surface area contributed by atoms with E-state index in [1.54, 1.807) is 6.08 Å². The van der Waals surface area contributed by atoms with Crippen molar-refractivity contribution in [2.24, 2.45) is 0 Å². The molecule has 500 valence electrons. The Morgan fingerprint density at radius 3 is 1.02 bits per heavy atom. The summed E-state index contributed by atoms with van der Waals surface area (Å²) in [5.41, 5.74) is 0. The number of likely N-dealkylation sites (N-methyl/N-ethyl adjacent to an activating group) is 1. The van der Waals surface area contributed by atoms with Crippen LogP contribution in [-0.2, 0) is 18.4 Å². The lowest BCUT2D eigenvalue weighted by atomic mass is 10.0. The lowest BCUT2D eigenvalue weighted by Gasteiger charge is -2.25. The molecule has 0 bridgehead atoms. The SMILES string of the molecule is CC/C=C\C/C=C\C/C=C\C/C=C\C/C=C\C/C=C\C/C=C\CCCCCCCCCCCCCCCCCC(=O)NC(COP(=O)(O)OCC[N+](C)(C)C)C(O)/C=C/CCCCCCCCCCCCCCCCCCCCCCCCCCC. The summed E-state index contributed by atoms with van der Waals surface area (Å²) >= 11 is 0. The first-order valence-electron chi connectivity index (χ1n) is 36.6. The van der Waals surface area contributed by atoms with Crippen molar-refractivity contribution in [3.05, 3.63) is 97.2 Å². The normalized spacial score (nSPS) is 14.2. The summed E-state index contributed by atoms with van der Waals surface area (Å²) in [7, 11) is 1.58. The van der Waals surface area contributed by atoms with Gasteiger partial charge in [0, 0.05) is 6.42 Å². The Kier molecular flexibility index (Phi) is 64.8. The van der Waals surface area contributed by atoms with Gasteiger partial charge in [0.2, 0.25) is 5.91 Å². The largest absolute Gasteiger partial charge is 0.472 e. The van der Waals surface area contributed by atoms with E-state index in [0.29, 0.717) is 17.4 Å². The number of aliphatic hydroxyl groups excluding tert-OH is 1. The molecule has 9 heteroatoms. The van der Waals surface area contributed by atoms with Crippen LogP contribution in [0.4, 0.5) is 0 Å². The third-order valence-corrected chi connectivity index (χ3v) is 17.3. The molecule has 3 unspecified atom stereocenters. The fourth-order valence-electron chi connectivity index (χ4n) is 10.7. The highest BCUT2D eigenvalue weighted by Gasteiger charge is 2.28. The number of amides is 1. The predicted octanol–water partition coefficient (Wildman–Crippen LogP) is 23.7. The van der Waals surface area contributed by atoms with Gasteiger partial charge in [0.25, 0.3) is 0 Å². The van der Waals surface area contributed by atoms with E-state index in [1.807, 2.05) is 27.2 Å². The number of quaternary nitrogens is 1. The first-order valence-corrected chi connectivity index (χ1v) is 38.1. The van der Waals surface area contributed by atoms with Crippen molar-refractivity contribution in [1.29, 1.82) is 0 Å². The van der Waals surface area contributed by atoms with E-state index in [1.165, 1.54) is 231 Å². The zero-order valence-electron chi connectivity index (χ0n) is 57.3. The molecular weight excluding hydrogens is 1080 g/mol. The van der Waals surface area contributed by atoms with E-state index in [9.17, 15) is 19.4 Å². The number of carbonyl (C=O) groups is 1. The van der Waals surface area contributed by atoms with Crippen molar-refractivity contribution in [2.75, 3.05) is 40.9 Å². The quantitative estimate of drug-likeness (QED) is 0.0243. The van der Waals surface area contributed by atoms with Crippen molar-refractivity contribution in [3.8, 4) is 0 Å². The Balaban J connectivity index is 4.05. The molecule has 0 aromatic carbocycles. The molecule has 0 saturated heterocycles. The van der Waals surface area contributed by atoms with E-state index in [0.717, 1.165) is 83.5 Å². The Bertz CT molecular complexity index is 1730. The van der Waals surface area contributed by atoms with Gasteiger partial charge < -0.3 is 19.8 Å². The maximum Gasteiger partial charge on any atom is 0.472 e. The van der Waals surface area contributed by atoms with Gasteiger partial charge in [0.15, 0.2) is 0 Å². The highest BCUT2D eigenvalue weighted by molar-refractivity contribution is 7.47. The Morgan fingerprint density at radius 1 is 0.407 bits per heavy atom. The number of carbonyl (C=O) groups excluding carboxylic acids is 1. The summed E-state index contributed by atoms with van der Waals surface area (Å²) in [6.45, 7) is 4.74. The fraction of sp³-hybridized carbons (Fsp3) is 0.779. The molecular formula is C77H142N2O6P+. The van der Waals surface area contributed by atoms with Crippen LogP contribution in [0.2, 0.25) is 0 Å². The molecule has 0 radical (unpaired) electrons. The van der Waals surface area contributed by atoms with Gasteiger partial charge >= 0.3 is 7.82 Å². The molecule has 0 aliphatic carbocycles. The number of unbranched alkanes of at least 4 members (excludes halogenated alkanes) is 40. The second-order valence-corrected chi connectivity index (χ2v) is 27.4. The van der Waals surface area contributed by atoms with Crippen LogP contribution in [0.15, 0.2) is 97.2 Å². The fourth-order valence-corrected chi connectivity index (χ4v) is 11.4. The van der Waals surface area contributed by atoms with Crippen LogP contribution in [0.3, 0.4) is 0 Å². The van der Waals surface area contributed by atoms with E-state index in [-0.39, 0.29) is 19.1 Å². The third-order valence-electron chi connectivity index (χ3n) is 16.3. The number of hydrogen-bond acceptors (Lipinski definition) is 5. The third kappa shape index (κ3) is 68.9. The number of hydrogen-bond donors (Lipinski definition) is 3. The summed E-state index contributed by atoms with van der Waals surface area (Å²) in [6, 6.07) is -0.853. The van der Waals surface area contributed by atoms with E-state index in [2.05, 4.69) is 104 Å². The highest BCUT2D eigenvalue weighted by atomic mass is 31.2. The molecule has 3 N–H and O–H groups in total. The zero-order chi connectivity index (χ0) is 62.6. The van der Waals surface area contributed by atoms with Crippen LogP contribution < -0.4 is 5.32 Å². The number of phosphoric ester groups is 1. The monoisotopic (exact) mass is 1220 g/mol. The molecule has 0 aliphatic heterocycles. The minimum Gasteiger partial charge on any atom is -0.387 e. The van der Waals surface area contributed by atoms with Crippen LogP contribution in [0, 0.1) is 0 Å². The number of phosphoric acid groups is 1. The highest BCUT2D eigenvalue weighted by Crippen LogP contribution is 2.43. The number of aliphatic hydroxyl groups is 1. The molecule has 1 amide bonds. The molecule has 86 heavy (non-hydrogen) atoms. The standard InChI is InChI=1S/C77H141N2O6P/c1-6-8-10-12-14-16-18-20-22-24-26-28-30-32-34-35-36-37-38-39-40-41-42-43-45-47-49-51-53-55-57-59-61-63-65-67-69-71-77(81)78-75(74-85-86(82,83)84-73-72-79(3,4)5)76(80)70-68-66-64-62-60-58-56-54-52-50-48-46-44-33-31-29-27-25-23-21-19-17-15-13-11-9-7-2/h8,10,14,16,20,22,26,28,32,34,36-37,39-40,68,70,75-76,80H,6-7,9,11-13,15,17-19,21,23-25,27,29-31,33,35,38,41-67,69,71-74H2,1-5H3,(H-,78,81,82,83)/p+1/b10-8-,16-14-,22-20-,28-26-,34-32-,37-36-,40-39-,70-68+. The van der Waals surface area contributed by atoms with Crippen LogP contribution >= 0.6 is 7.82 Å². The summed E-state index contributed by atoms with van der Waals surface area (Å²) in [6.07, 6.45) is 97.0. The number of allylic oxidation sites excluding steroid dienone is 15. The summed E-state index contributed by atoms with van der Waals surface area (Å²) in [4.78, 5) is 23.5. The number of rotatable bonds is 67. The molecule has 8 nitrogen and oxygen atoms in total. The molecule has 0 aliphatic rings. The van der Waals surface area contributed by atoms with Crippen LogP contribution in [0.5, 0.6) is 0 Å². The van der Waals surface area contributed by atoms with Crippen molar-refractivity contribution < 1.29 is 32.9 Å².